The summed E-state index contributed by atoms with van der Waals surface area (Å²) in [5.41, 5.74) is 5.08. The summed E-state index contributed by atoms with van der Waals surface area (Å²) < 4.78 is 2.25. The van der Waals surface area contributed by atoms with E-state index in [1.807, 2.05) is 0 Å². The first-order chi connectivity index (χ1) is 25.8. The van der Waals surface area contributed by atoms with Gasteiger partial charge in [0.2, 0.25) is 0 Å². The van der Waals surface area contributed by atoms with Crippen LogP contribution in [0.25, 0.3) is 11.1 Å². The smallest absolute Gasteiger partial charge is 0.259 e. The molecule has 53 heavy (non-hydrogen) atoms. The average Bonchev–Trinajstić information content (AvgIpc) is 3.56. The van der Waals surface area contributed by atoms with E-state index < -0.39 is 0 Å². The minimum atomic E-state index is 0.0180. The Kier molecular flexibility index (Phi) is 20.3. The van der Waals surface area contributed by atoms with Gasteiger partial charge in [-0.2, -0.15) is 0 Å². The third-order valence-corrected chi connectivity index (χ3v) is 13.0. The van der Waals surface area contributed by atoms with Crippen molar-refractivity contribution >= 4 is 79.5 Å². The van der Waals surface area contributed by atoms with Gasteiger partial charge in [-0.1, -0.05) is 162 Å². The van der Waals surface area contributed by atoms with Crippen molar-refractivity contribution in [3.63, 3.8) is 0 Å². The molecule has 0 aromatic heterocycles. The zero-order valence-electron chi connectivity index (χ0n) is 33.8. The van der Waals surface area contributed by atoms with Gasteiger partial charge in [0.25, 0.3) is 11.8 Å². The summed E-state index contributed by atoms with van der Waals surface area (Å²) in [6.07, 6.45) is 28.8. The average molecular weight is 949 g/mol. The van der Waals surface area contributed by atoms with Crippen molar-refractivity contribution in [3.05, 3.63) is 54.7 Å². The van der Waals surface area contributed by atoms with Crippen molar-refractivity contribution in [2.75, 3.05) is 22.9 Å². The van der Waals surface area contributed by atoms with Crippen LogP contribution in [-0.2, 0) is 9.59 Å². The molecule has 2 unspecified atom stereocenters. The molecule has 2 amide bonds. The van der Waals surface area contributed by atoms with E-state index in [9.17, 15) is 9.59 Å². The van der Waals surface area contributed by atoms with E-state index in [0.717, 1.165) is 62.0 Å². The minimum absolute atomic E-state index is 0.0180. The van der Waals surface area contributed by atoms with Crippen LogP contribution in [0.15, 0.2) is 36.4 Å². The highest BCUT2D eigenvalue weighted by molar-refractivity contribution is 14.1. The fourth-order valence-corrected chi connectivity index (χ4v) is 9.53. The van der Waals surface area contributed by atoms with Gasteiger partial charge in [0.05, 0.1) is 22.5 Å². The lowest BCUT2D eigenvalue weighted by atomic mass is 9.93. The number of fused-ring (bicyclic) bond motifs is 2. The van der Waals surface area contributed by atoms with Crippen LogP contribution in [0.3, 0.4) is 0 Å². The van der Waals surface area contributed by atoms with Gasteiger partial charge in [0.1, 0.15) is 0 Å². The first kappa shape index (κ1) is 44.3. The summed E-state index contributed by atoms with van der Waals surface area (Å²) in [4.78, 5) is 33.9. The second-order valence-electron chi connectivity index (χ2n) is 16.1. The molecule has 0 spiro atoms. The highest BCUT2D eigenvalue weighted by atomic mass is 127. The number of carbonyl (C=O) groups is 2. The summed E-state index contributed by atoms with van der Waals surface area (Å²) in [6, 6.07) is 12.8. The standard InChI is InChI=1S/C47H70I2N2O2/c1-5-9-13-17-19-23-27-37(25-21-16-12-8-4)35-51-43-33-39(49)29-31-41(43)45(47(51)53)44-40-30-28-38(48)32-42(40)50(46(44)52)34-36(24-20-15-11-7-3)26-22-18-14-10-6-2/h28-33,36-37H,5-27,34-35H2,1-4H3/b45-44+. The van der Waals surface area contributed by atoms with Crippen LogP contribution >= 0.6 is 45.2 Å². The Labute approximate surface area is 351 Å². The van der Waals surface area contributed by atoms with Gasteiger partial charge >= 0.3 is 0 Å². The van der Waals surface area contributed by atoms with Gasteiger partial charge in [-0.25, -0.2) is 0 Å². The number of benzene rings is 2. The largest absolute Gasteiger partial charge is 0.307 e. The topological polar surface area (TPSA) is 40.6 Å². The maximum Gasteiger partial charge on any atom is 0.259 e. The zero-order valence-corrected chi connectivity index (χ0v) is 38.1. The van der Waals surface area contributed by atoms with Gasteiger partial charge in [-0.05, 0) is 107 Å². The van der Waals surface area contributed by atoms with Crippen molar-refractivity contribution in [1.29, 1.82) is 0 Å². The molecule has 2 heterocycles. The highest BCUT2D eigenvalue weighted by Gasteiger charge is 2.43. The first-order valence-corrected chi connectivity index (χ1v) is 24.0. The van der Waals surface area contributed by atoms with Gasteiger partial charge < -0.3 is 9.80 Å². The van der Waals surface area contributed by atoms with Crippen LogP contribution in [-0.4, -0.2) is 24.9 Å². The van der Waals surface area contributed by atoms with Gasteiger partial charge in [0.15, 0.2) is 0 Å². The molecule has 0 radical (unpaired) electrons. The predicted octanol–water partition coefficient (Wildman–Crippen LogP) is 14.8. The quantitative estimate of drug-likeness (QED) is 0.0509. The van der Waals surface area contributed by atoms with E-state index >= 15 is 0 Å². The number of nitrogens with zero attached hydrogens (tertiary/aromatic N) is 2. The Morgan fingerprint density at radius 2 is 0.755 bits per heavy atom. The number of hydrogen-bond acceptors (Lipinski definition) is 2. The lowest BCUT2D eigenvalue weighted by Crippen LogP contribution is -2.34. The molecule has 4 rings (SSSR count). The first-order valence-electron chi connectivity index (χ1n) is 21.8. The second-order valence-corrected chi connectivity index (χ2v) is 18.6. The minimum Gasteiger partial charge on any atom is -0.307 e. The molecule has 2 aromatic rings. The molecule has 4 nitrogen and oxygen atoms in total. The summed E-state index contributed by atoms with van der Waals surface area (Å²) in [5, 5.41) is 0. The van der Waals surface area contributed by atoms with Crippen molar-refractivity contribution in [2.45, 2.75) is 175 Å². The lowest BCUT2D eigenvalue weighted by Gasteiger charge is -2.25. The van der Waals surface area contributed by atoms with Crippen LogP contribution in [0.5, 0.6) is 0 Å². The van der Waals surface area contributed by atoms with E-state index in [1.54, 1.807) is 0 Å². The summed E-state index contributed by atoms with van der Waals surface area (Å²) in [6.45, 7) is 10.6. The molecule has 0 N–H and O–H groups in total. The molecule has 2 aromatic carbocycles. The molecule has 0 saturated heterocycles. The molecular weight excluding hydrogens is 878 g/mol. The number of amides is 2. The molecule has 0 fully saturated rings. The van der Waals surface area contributed by atoms with Crippen LogP contribution in [0.4, 0.5) is 11.4 Å². The molecule has 0 aliphatic carbocycles. The van der Waals surface area contributed by atoms with Crippen LogP contribution < -0.4 is 9.80 Å². The van der Waals surface area contributed by atoms with Crippen molar-refractivity contribution < 1.29 is 9.59 Å². The third-order valence-electron chi connectivity index (χ3n) is 11.7. The molecule has 0 saturated carbocycles. The molecule has 2 atom stereocenters. The van der Waals surface area contributed by atoms with E-state index in [-0.39, 0.29) is 11.8 Å². The maximum atomic E-state index is 14.9. The number of rotatable bonds is 27. The fourth-order valence-electron chi connectivity index (χ4n) is 8.58. The monoisotopic (exact) mass is 948 g/mol. The van der Waals surface area contributed by atoms with Gasteiger partial charge in [0, 0.05) is 31.4 Å². The van der Waals surface area contributed by atoms with Crippen molar-refractivity contribution in [2.24, 2.45) is 11.8 Å². The molecule has 2 aliphatic rings. The normalized spacial score (nSPS) is 16.5. The van der Waals surface area contributed by atoms with Crippen LogP contribution in [0, 0.1) is 19.0 Å². The maximum absolute atomic E-state index is 14.9. The van der Waals surface area contributed by atoms with Crippen LogP contribution in [0.2, 0.25) is 0 Å². The fraction of sp³-hybridized carbons (Fsp3) is 0.660. The summed E-state index contributed by atoms with van der Waals surface area (Å²) in [5.74, 6) is 0.967. The Morgan fingerprint density at radius 3 is 1.09 bits per heavy atom. The van der Waals surface area contributed by atoms with Crippen LogP contribution in [0.1, 0.15) is 187 Å². The zero-order chi connectivity index (χ0) is 38.0. The van der Waals surface area contributed by atoms with E-state index in [0.29, 0.717) is 23.0 Å². The van der Waals surface area contributed by atoms with Crippen molar-refractivity contribution in [3.8, 4) is 0 Å². The lowest BCUT2D eigenvalue weighted by molar-refractivity contribution is -0.114. The Hall–Kier alpha value is -1.42. The Bertz CT molecular complexity index is 1470. The molecule has 0 bridgehead atoms. The number of anilines is 2. The highest BCUT2D eigenvalue weighted by Crippen LogP contribution is 2.48. The second kappa shape index (κ2) is 24.3. The van der Waals surface area contributed by atoms with E-state index in [1.165, 1.54) is 128 Å². The molecule has 6 heteroatoms. The number of unbranched alkanes of at least 4 members (excludes halogenated alkanes) is 15. The van der Waals surface area contributed by atoms with E-state index in [2.05, 4.69) is 119 Å². The Balaban J connectivity index is 1.65. The van der Waals surface area contributed by atoms with E-state index in [4.69, 9.17) is 0 Å². The SMILES string of the molecule is CCCCCCCCC(CCCCCC)CN1C(=O)/C(=C2/C(=O)N(CC(CCCCCC)CCCCCCC)c3cc(I)ccc32)c2ccc(I)cc21. The number of carbonyl (C=O) groups excluding carboxylic acids is 2. The number of hydrogen-bond donors (Lipinski definition) is 0. The number of halogens is 2. The van der Waals surface area contributed by atoms with Gasteiger partial charge in [-0.3, -0.25) is 9.59 Å². The summed E-state index contributed by atoms with van der Waals surface area (Å²) >= 11 is 4.75. The third kappa shape index (κ3) is 13.1. The molecule has 2 aliphatic heterocycles. The molecule has 294 valence electrons. The summed E-state index contributed by atoms with van der Waals surface area (Å²) in [7, 11) is 0. The molecular formula is C47H70I2N2O2. The Morgan fingerprint density at radius 1 is 0.453 bits per heavy atom. The van der Waals surface area contributed by atoms with Gasteiger partial charge in [-0.15, -0.1) is 0 Å². The van der Waals surface area contributed by atoms with Crippen molar-refractivity contribution in [1.82, 2.24) is 0 Å². The predicted molar refractivity (Wildman–Crippen MR) is 246 cm³/mol.